The van der Waals surface area contributed by atoms with Crippen LogP contribution in [-0.4, -0.2) is 49.2 Å². The summed E-state index contributed by atoms with van der Waals surface area (Å²) in [6.07, 6.45) is 2.50. The van der Waals surface area contributed by atoms with Crippen molar-refractivity contribution in [3.63, 3.8) is 0 Å². The maximum absolute atomic E-state index is 13.2. The molecule has 0 aliphatic carbocycles. The Labute approximate surface area is 236 Å². The number of para-hydroxylation sites is 1. The number of nitrogens with zero attached hydrogens (tertiary/aromatic N) is 1. The molecular formula is C29H31N2O6Os-3. The Balaban J connectivity index is 0.000000382. The second kappa shape index (κ2) is 13.6. The van der Waals surface area contributed by atoms with Gasteiger partial charge in [0.15, 0.2) is 12.0 Å². The minimum Gasteiger partial charge on any atom is -0.523 e. The van der Waals surface area contributed by atoms with Crippen molar-refractivity contribution in [3.8, 4) is 5.75 Å². The maximum atomic E-state index is 13.2. The van der Waals surface area contributed by atoms with Crippen molar-refractivity contribution in [2.24, 2.45) is 5.92 Å². The third kappa shape index (κ3) is 6.83. The summed E-state index contributed by atoms with van der Waals surface area (Å²) in [5, 5.41) is 3.16. The normalized spacial score (nSPS) is 21.4. The van der Waals surface area contributed by atoms with Crippen molar-refractivity contribution in [1.82, 2.24) is 10.3 Å². The number of oxazole rings is 1. The first-order chi connectivity index (χ1) is 17.9. The summed E-state index contributed by atoms with van der Waals surface area (Å²) in [4.78, 5) is 29.9. The second-order valence-electron chi connectivity index (χ2n) is 8.99. The monoisotopic (exact) mass is 695 g/mol. The van der Waals surface area contributed by atoms with E-state index in [9.17, 15) is 9.59 Å². The molecule has 204 valence electrons. The van der Waals surface area contributed by atoms with Gasteiger partial charge in [-0.05, 0) is 36.3 Å². The number of esters is 1. The van der Waals surface area contributed by atoms with Crippen molar-refractivity contribution in [2.75, 3.05) is 20.3 Å². The molecule has 5 rings (SSSR count). The molecule has 8 nitrogen and oxygen atoms in total. The van der Waals surface area contributed by atoms with Gasteiger partial charge in [-0.1, -0.05) is 12.1 Å². The van der Waals surface area contributed by atoms with Gasteiger partial charge in [-0.3, -0.25) is 0 Å². The number of methoxy groups -OCH3 is 1. The molecule has 9 heteroatoms. The standard InChI is InChI=1S/C22H24N2O5.C7H7O.Os/c1-12-19(14(3)25)21(15-4-5-18-17(10-15)23-11-28-18)20(13(2)24-12)22(26)29-16-6-8-27-9-7-16;1-8-7-5-3-2-4-6-7;/h4-5,10-12,16,19,21,24H,1,3,6-9H2,2H3;2-5H,1H3;/q-2;-1;. The third-order valence-electron chi connectivity index (χ3n) is 6.56. The van der Waals surface area contributed by atoms with Crippen LogP contribution in [0.4, 0.5) is 0 Å². The first-order valence-corrected chi connectivity index (χ1v) is 12.2. The molecule has 3 heterocycles. The first-order valence-electron chi connectivity index (χ1n) is 12.2. The van der Waals surface area contributed by atoms with Gasteiger partial charge in [-0.15, -0.1) is 12.1 Å². The molecule has 0 amide bonds. The van der Waals surface area contributed by atoms with Gasteiger partial charge < -0.3 is 42.6 Å². The second-order valence-corrected chi connectivity index (χ2v) is 8.99. The fourth-order valence-corrected chi connectivity index (χ4v) is 4.74. The van der Waals surface area contributed by atoms with Crippen LogP contribution in [0.3, 0.4) is 0 Å². The van der Waals surface area contributed by atoms with E-state index in [2.05, 4.69) is 30.2 Å². The van der Waals surface area contributed by atoms with E-state index in [4.69, 9.17) is 18.6 Å². The Morgan fingerprint density at radius 2 is 1.95 bits per heavy atom. The molecule has 0 spiro atoms. The van der Waals surface area contributed by atoms with E-state index in [0.29, 0.717) is 48.4 Å². The number of ether oxygens (including phenoxy) is 3. The van der Waals surface area contributed by atoms with Crippen LogP contribution in [0.1, 0.15) is 31.2 Å². The molecule has 2 aliphatic heterocycles. The van der Waals surface area contributed by atoms with Crippen LogP contribution in [0.15, 0.2) is 64.5 Å². The quantitative estimate of drug-likeness (QED) is 0.314. The molecule has 1 N–H and O–H groups in total. The zero-order chi connectivity index (χ0) is 26.4. The van der Waals surface area contributed by atoms with Crippen LogP contribution in [0.2, 0.25) is 0 Å². The number of rotatable bonds is 5. The van der Waals surface area contributed by atoms with Crippen LogP contribution in [0.25, 0.3) is 11.1 Å². The molecule has 2 aromatic carbocycles. The van der Waals surface area contributed by atoms with Crippen LogP contribution in [0.5, 0.6) is 5.75 Å². The van der Waals surface area contributed by atoms with E-state index < -0.39 is 23.8 Å². The van der Waals surface area contributed by atoms with E-state index >= 15 is 0 Å². The van der Waals surface area contributed by atoms with Gasteiger partial charge >= 0.3 is 5.97 Å². The smallest absolute Gasteiger partial charge is 0.336 e. The topological polar surface area (TPSA) is 99.9 Å². The van der Waals surface area contributed by atoms with Gasteiger partial charge in [-0.25, -0.2) is 9.78 Å². The molecule has 0 saturated carbocycles. The zero-order valence-electron chi connectivity index (χ0n) is 21.4. The molecule has 0 bridgehead atoms. The molecule has 1 fully saturated rings. The van der Waals surface area contributed by atoms with Gasteiger partial charge in [0.1, 0.15) is 11.6 Å². The summed E-state index contributed by atoms with van der Waals surface area (Å²) in [7, 11) is 1.63. The van der Waals surface area contributed by atoms with Crippen LogP contribution in [-0.2, 0) is 38.9 Å². The van der Waals surface area contributed by atoms with Crippen molar-refractivity contribution in [2.45, 2.75) is 37.8 Å². The fraction of sp³-hybridized carbons (Fsp3) is 0.345. The number of carbonyl (C=O) groups is 2. The number of nitrogens with one attached hydrogen (secondary N) is 1. The molecular weight excluding hydrogens is 663 g/mol. The largest absolute Gasteiger partial charge is 0.523 e. The third-order valence-corrected chi connectivity index (χ3v) is 6.56. The number of hydrogen-bond donors (Lipinski definition) is 1. The molecule has 1 aromatic heterocycles. The summed E-state index contributed by atoms with van der Waals surface area (Å²) >= 11 is 0. The number of benzene rings is 2. The van der Waals surface area contributed by atoms with Crippen LogP contribution >= 0.6 is 0 Å². The summed E-state index contributed by atoms with van der Waals surface area (Å²) < 4.78 is 21.3. The predicted molar refractivity (Wildman–Crippen MR) is 137 cm³/mol. The molecule has 3 atom stereocenters. The predicted octanol–water partition coefficient (Wildman–Crippen LogP) is 4.23. The van der Waals surface area contributed by atoms with E-state index in [1.807, 2.05) is 43.3 Å². The molecule has 2 aliphatic rings. The number of ketones is 1. The number of Topliss-reactive ketones (excluding diaryl/α,β-unsaturated/α-hetero) is 1. The van der Waals surface area contributed by atoms with E-state index in [-0.39, 0.29) is 31.7 Å². The zero-order valence-corrected chi connectivity index (χ0v) is 24.0. The summed E-state index contributed by atoms with van der Waals surface area (Å²) in [5.41, 5.74) is 3.16. The number of hydrogen-bond acceptors (Lipinski definition) is 8. The van der Waals surface area contributed by atoms with Crippen molar-refractivity contribution in [3.05, 3.63) is 85.6 Å². The Hall–Kier alpha value is -3.14. The molecule has 1 saturated heterocycles. The van der Waals surface area contributed by atoms with Crippen LogP contribution in [0, 0.1) is 25.8 Å². The van der Waals surface area contributed by atoms with Gasteiger partial charge in [0, 0.05) is 50.0 Å². The Bertz CT molecular complexity index is 1250. The maximum Gasteiger partial charge on any atom is 0.336 e. The van der Waals surface area contributed by atoms with Gasteiger partial charge in [0.2, 0.25) is 0 Å². The average molecular weight is 694 g/mol. The Kier molecular flexibility index (Phi) is 10.5. The molecule has 38 heavy (non-hydrogen) atoms. The number of fused-ring (bicyclic) bond motifs is 1. The Morgan fingerprint density at radius 1 is 1.18 bits per heavy atom. The van der Waals surface area contributed by atoms with Crippen LogP contribution < -0.4 is 10.1 Å². The summed E-state index contributed by atoms with van der Waals surface area (Å²) in [6.45, 7) is 10.7. The number of carbonyl (C=O) groups excluding carboxylic acids is 2. The van der Waals surface area contributed by atoms with Crippen molar-refractivity contribution in [1.29, 1.82) is 0 Å². The van der Waals surface area contributed by atoms with E-state index in [0.717, 1.165) is 11.3 Å². The molecule has 3 aromatic rings. The van der Waals surface area contributed by atoms with E-state index in [1.165, 1.54) is 6.39 Å². The summed E-state index contributed by atoms with van der Waals surface area (Å²) in [5.74, 6) is -1.07. The minimum atomic E-state index is -0.611. The number of aromatic nitrogens is 1. The van der Waals surface area contributed by atoms with E-state index in [1.54, 1.807) is 13.2 Å². The van der Waals surface area contributed by atoms with Crippen molar-refractivity contribution < 1.29 is 48.0 Å². The fourth-order valence-electron chi connectivity index (χ4n) is 4.74. The SMILES string of the molecule is COc1[c-]cccc1.[CH2-]C(=O)C1C([CH2-])NC(C)=C(C(=O)OC2CCOCC2)C1c1ccc2ocnc2c1.[Os]. The molecule has 0 radical (unpaired) electrons. The van der Waals surface area contributed by atoms with Gasteiger partial charge in [-0.2, -0.15) is 18.2 Å². The first kappa shape index (κ1) is 29.4. The van der Waals surface area contributed by atoms with Gasteiger partial charge in [0.25, 0.3) is 0 Å². The molecule has 3 unspecified atom stereocenters. The van der Waals surface area contributed by atoms with Gasteiger partial charge in [0.05, 0.1) is 25.9 Å². The Morgan fingerprint density at radius 3 is 2.58 bits per heavy atom. The average Bonchev–Trinajstić information content (AvgIpc) is 3.37. The minimum absolute atomic E-state index is 0. The number of allylic oxidation sites excluding steroid dienone is 1. The van der Waals surface area contributed by atoms with Crippen molar-refractivity contribution >= 4 is 22.9 Å². The summed E-state index contributed by atoms with van der Waals surface area (Å²) in [6, 6.07) is 15.5.